The highest BCUT2D eigenvalue weighted by molar-refractivity contribution is 7.92. The summed E-state index contributed by atoms with van der Waals surface area (Å²) in [6.45, 7) is 1.50. The summed E-state index contributed by atoms with van der Waals surface area (Å²) in [4.78, 5) is 17.3. The Hall–Kier alpha value is -2.75. The zero-order valence-electron chi connectivity index (χ0n) is 10.8. The number of anilines is 2. The van der Waals surface area contributed by atoms with E-state index >= 15 is 0 Å². The monoisotopic (exact) mass is 309 g/mol. The third kappa shape index (κ3) is 3.05. The third-order valence-corrected chi connectivity index (χ3v) is 4.15. The molecule has 0 bridgehead atoms. The predicted molar refractivity (Wildman–Crippen MR) is 75.1 cm³/mol. The molecule has 1 aromatic heterocycles. The quantitative estimate of drug-likeness (QED) is 0.489. The van der Waals surface area contributed by atoms with Crippen molar-refractivity contribution in [3.8, 4) is 0 Å². The Morgan fingerprint density at radius 3 is 2.48 bits per heavy atom. The molecular formula is C11H11N5O4S. The highest BCUT2D eigenvalue weighted by Gasteiger charge is 2.23. The molecule has 0 aliphatic heterocycles. The van der Waals surface area contributed by atoms with E-state index in [1.54, 1.807) is 0 Å². The molecule has 1 aromatic carbocycles. The van der Waals surface area contributed by atoms with Crippen LogP contribution in [-0.4, -0.2) is 23.3 Å². The number of aryl methyl sites for hydroxylation is 1. The largest absolute Gasteiger partial charge is 0.393 e. The maximum absolute atomic E-state index is 12.3. The zero-order valence-corrected chi connectivity index (χ0v) is 11.7. The summed E-state index contributed by atoms with van der Waals surface area (Å²) in [5.41, 5.74) is 5.39. The lowest BCUT2D eigenvalue weighted by Gasteiger charge is -2.10. The Bertz CT molecular complexity index is 792. The fourth-order valence-electron chi connectivity index (χ4n) is 1.71. The van der Waals surface area contributed by atoms with E-state index in [1.165, 1.54) is 31.7 Å². The lowest BCUT2D eigenvalue weighted by molar-refractivity contribution is -0.384. The Labute approximate surface area is 120 Å². The molecule has 0 spiro atoms. The topological polar surface area (TPSA) is 141 Å². The van der Waals surface area contributed by atoms with Gasteiger partial charge in [-0.3, -0.25) is 14.8 Å². The van der Waals surface area contributed by atoms with Crippen LogP contribution in [0.15, 0.2) is 35.7 Å². The van der Waals surface area contributed by atoms with Crippen molar-refractivity contribution in [1.29, 1.82) is 0 Å². The van der Waals surface area contributed by atoms with Crippen LogP contribution in [0.3, 0.4) is 0 Å². The van der Waals surface area contributed by atoms with E-state index in [2.05, 4.69) is 14.7 Å². The number of sulfonamides is 1. The SMILES string of the molecule is Cc1cc(N)c([N+](=O)[O-])cc1S(=O)(=O)Nc1cncnc1. The number of nitro groups is 1. The smallest absolute Gasteiger partial charge is 0.293 e. The molecule has 110 valence electrons. The molecule has 10 heteroatoms. The zero-order chi connectivity index (χ0) is 15.6. The molecule has 0 saturated carbocycles. The summed E-state index contributed by atoms with van der Waals surface area (Å²) in [5, 5.41) is 10.9. The van der Waals surface area contributed by atoms with Crippen LogP contribution in [0.4, 0.5) is 17.1 Å². The molecule has 0 amide bonds. The molecule has 3 N–H and O–H groups in total. The van der Waals surface area contributed by atoms with Crippen LogP contribution >= 0.6 is 0 Å². The molecule has 0 unspecified atom stereocenters. The van der Waals surface area contributed by atoms with Gasteiger partial charge in [-0.15, -0.1) is 0 Å². The fourth-order valence-corrected chi connectivity index (χ4v) is 2.98. The van der Waals surface area contributed by atoms with Gasteiger partial charge in [0.1, 0.15) is 12.0 Å². The number of hydrogen-bond acceptors (Lipinski definition) is 7. The minimum absolute atomic E-state index is 0.0977. The molecule has 1 heterocycles. The fraction of sp³-hybridized carbons (Fsp3) is 0.0909. The molecule has 0 radical (unpaired) electrons. The van der Waals surface area contributed by atoms with Crippen molar-refractivity contribution in [2.75, 3.05) is 10.5 Å². The summed E-state index contributed by atoms with van der Waals surface area (Å²) in [7, 11) is -4.01. The van der Waals surface area contributed by atoms with Gasteiger partial charge < -0.3 is 5.73 Å². The number of nitro benzene ring substituents is 1. The maximum Gasteiger partial charge on any atom is 0.293 e. The number of hydrogen-bond donors (Lipinski definition) is 2. The van der Waals surface area contributed by atoms with Crippen molar-refractivity contribution < 1.29 is 13.3 Å². The van der Waals surface area contributed by atoms with Crippen molar-refractivity contribution in [2.24, 2.45) is 0 Å². The molecule has 0 aliphatic rings. The van der Waals surface area contributed by atoms with Gasteiger partial charge in [-0.2, -0.15) is 0 Å². The Balaban J connectivity index is 2.50. The van der Waals surface area contributed by atoms with E-state index in [-0.39, 0.29) is 16.3 Å². The number of benzene rings is 1. The van der Waals surface area contributed by atoms with Gasteiger partial charge >= 0.3 is 0 Å². The highest BCUT2D eigenvalue weighted by atomic mass is 32.2. The maximum atomic E-state index is 12.3. The highest BCUT2D eigenvalue weighted by Crippen LogP contribution is 2.29. The number of aromatic nitrogens is 2. The molecule has 0 saturated heterocycles. The third-order valence-electron chi connectivity index (χ3n) is 2.62. The number of nitrogens with two attached hydrogens (primary N) is 1. The van der Waals surface area contributed by atoms with E-state index in [1.807, 2.05) is 0 Å². The molecule has 0 atom stereocenters. The van der Waals surface area contributed by atoms with Crippen molar-refractivity contribution in [3.63, 3.8) is 0 Å². The molecule has 2 rings (SSSR count). The van der Waals surface area contributed by atoms with Crippen LogP contribution in [0.25, 0.3) is 0 Å². The van der Waals surface area contributed by atoms with Gasteiger partial charge in [0.25, 0.3) is 15.7 Å². The standard InChI is InChI=1S/C11H11N5O4S/c1-7-2-9(12)10(16(17)18)3-11(7)21(19,20)15-8-4-13-6-14-5-8/h2-6,15H,12H2,1H3. The van der Waals surface area contributed by atoms with Crippen LogP contribution in [0, 0.1) is 17.0 Å². The second-order valence-electron chi connectivity index (χ2n) is 4.17. The lowest BCUT2D eigenvalue weighted by atomic mass is 10.2. The van der Waals surface area contributed by atoms with E-state index in [0.717, 1.165) is 6.07 Å². The van der Waals surface area contributed by atoms with E-state index in [4.69, 9.17) is 5.73 Å². The van der Waals surface area contributed by atoms with E-state index in [9.17, 15) is 18.5 Å². The molecule has 21 heavy (non-hydrogen) atoms. The Morgan fingerprint density at radius 1 is 1.29 bits per heavy atom. The summed E-state index contributed by atoms with van der Waals surface area (Å²) >= 11 is 0. The number of rotatable bonds is 4. The average molecular weight is 309 g/mol. The minimum Gasteiger partial charge on any atom is -0.393 e. The van der Waals surface area contributed by atoms with Crippen molar-refractivity contribution in [1.82, 2.24) is 9.97 Å². The molecule has 2 aromatic rings. The number of nitrogens with one attached hydrogen (secondary N) is 1. The van der Waals surface area contributed by atoms with Crippen LogP contribution in [0.5, 0.6) is 0 Å². The second-order valence-corrected chi connectivity index (χ2v) is 5.82. The summed E-state index contributed by atoms with van der Waals surface area (Å²) in [6.07, 6.45) is 3.79. The predicted octanol–water partition coefficient (Wildman–Crippen LogP) is 1.08. The van der Waals surface area contributed by atoms with Crippen LogP contribution in [-0.2, 0) is 10.0 Å². The van der Waals surface area contributed by atoms with Crippen LogP contribution in [0.2, 0.25) is 0 Å². The van der Waals surface area contributed by atoms with Gasteiger partial charge in [-0.25, -0.2) is 18.4 Å². The van der Waals surface area contributed by atoms with Gasteiger partial charge in [-0.1, -0.05) is 0 Å². The molecular weight excluding hydrogens is 298 g/mol. The summed E-state index contributed by atoms with van der Waals surface area (Å²) in [6, 6.07) is 2.17. The minimum atomic E-state index is -4.01. The summed E-state index contributed by atoms with van der Waals surface area (Å²) < 4.78 is 26.8. The Morgan fingerprint density at radius 2 is 1.90 bits per heavy atom. The van der Waals surface area contributed by atoms with E-state index < -0.39 is 20.6 Å². The first-order valence-corrected chi connectivity index (χ1v) is 7.12. The van der Waals surface area contributed by atoms with Crippen LogP contribution < -0.4 is 10.5 Å². The molecule has 0 aliphatic carbocycles. The molecule has 9 nitrogen and oxygen atoms in total. The van der Waals surface area contributed by atoms with Gasteiger partial charge in [0.05, 0.1) is 27.9 Å². The first-order chi connectivity index (χ1) is 9.81. The second kappa shape index (κ2) is 5.32. The normalized spacial score (nSPS) is 11.1. The van der Waals surface area contributed by atoms with Crippen molar-refractivity contribution in [2.45, 2.75) is 11.8 Å². The number of nitrogens with zero attached hydrogens (tertiary/aromatic N) is 3. The van der Waals surface area contributed by atoms with Gasteiger partial charge in [-0.05, 0) is 18.6 Å². The first-order valence-electron chi connectivity index (χ1n) is 5.63. The molecule has 0 fully saturated rings. The van der Waals surface area contributed by atoms with E-state index in [0.29, 0.717) is 5.56 Å². The van der Waals surface area contributed by atoms with Gasteiger partial charge in [0.2, 0.25) is 0 Å². The van der Waals surface area contributed by atoms with Gasteiger partial charge in [0, 0.05) is 6.07 Å². The van der Waals surface area contributed by atoms with Crippen molar-refractivity contribution in [3.05, 3.63) is 46.5 Å². The van der Waals surface area contributed by atoms with Gasteiger partial charge in [0.15, 0.2) is 0 Å². The summed E-state index contributed by atoms with van der Waals surface area (Å²) in [5.74, 6) is 0. The lowest BCUT2D eigenvalue weighted by Crippen LogP contribution is -2.15. The number of nitrogen functional groups attached to an aromatic ring is 1. The average Bonchev–Trinajstić information content (AvgIpc) is 2.38. The van der Waals surface area contributed by atoms with Crippen LogP contribution in [0.1, 0.15) is 5.56 Å². The van der Waals surface area contributed by atoms with Crippen molar-refractivity contribution >= 4 is 27.1 Å². The Kier molecular flexibility index (Phi) is 3.72. The first kappa shape index (κ1) is 14.7.